The van der Waals surface area contributed by atoms with Gasteiger partial charge in [-0.1, -0.05) is 17.2 Å². The average molecular weight is 240 g/mol. The first-order valence-electron chi connectivity index (χ1n) is 4.51. The molecule has 0 bridgehead atoms. The lowest BCUT2D eigenvalue weighted by Crippen LogP contribution is -2.22. The molecular formula is C9H12N4O2S. The third kappa shape index (κ3) is 2.73. The number of nitrogens with zero attached hydrogens (tertiary/aromatic N) is 4. The van der Waals surface area contributed by atoms with E-state index in [4.69, 9.17) is 5.53 Å². The van der Waals surface area contributed by atoms with E-state index < -0.39 is 10.0 Å². The number of hydrogen-bond donors (Lipinski definition) is 0. The highest BCUT2D eigenvalue weighted by atomic mass is 32.2. The number of azide groups is 1. The van der Waals surface area contributed by atoms with Gasteiger partial charge in [0, 0.05) is 19.0 Å². The van der Waals surface area contributed by atoms with Crippen LogP contribution >= 0.6 is 0 Å². The number of hydrogen-bond acceptors (Lipinski definition) is 3. The summed E-state index contributed by atoms with van der Waals surface area (Å²) in [4.78, 5) is 2.82. The van der Waals surface area contributed by atoms with Gasteiger partial charge in [-0.25, -0.2) is 12.7 Å². The lowest BCUT2D eigenvalue weighted by atomic mass is 10.2. The second-order valence-electron chi connectivity index (χ2n) is 3.32. The maximum Gasteiger partial charge on any atom is 0.242 e. The Morgan fingerprint density at radius 1 is 1.44 bits per heavy atom. The summed E-state index contributed by atoms with van der Waals surface area (Å²) in [6.45, 7) is 0.146. The Bertz CT molecular complexity index is 518. The number of rotatable bonds is 4. The molecule has 0 spiro atoms. The summed E-state index contributed by atoms with van der Waals surface area (Å²) < 4.78 is 24.7. The van der Waals surface area contributed by atoms with Crippen LogP contribution in [-0.2, 0) is 16.6 Å². The van der Waals surface area contributed by atoms with Gasteiger partial charge in [-0.15, -0.1) is 0 Å². The zero-order valence-corrected chi connectivity index (χ0v) is 9.85. The molecule has 0 atom stereocenters. The van der Waals surface area contributed by atoms with Crippen LogP contribution in [0.3, 0.4) is 0 Å². The largest absolute Gasteiger partial charge is 0.242 e. The van der Waals surface area contributed by atoms with Gasteiger partial charge in [-0.2, -0.15) is 0 Å². The molecule has 6 nitrogen and oxygen atoms in total. The Kier molecular flexibility index (Phi) is 3.89. The fraction of sp³-hybridized carbons (Fsp3) is 0.333. The third-order valence-corrected chi connectivity index (χ3v) is 3.80. The fourth-order valence-electron chi connectivity index (χ4n) is 1.13. The maximum absolute atomic E-state index is 11.8. The molecule has 0 heterocycles. The number of sulfonamides is 1. The van der Waals surface area contributed by atoms with Crippen molar-refractivity contribution in [2.24, 2.45) is 5.11 Å². The Hall–Kier alpha value is -1.56. The molecule has 86 valence electrons. The monoisotopic (exact) mass is 240 g/mol. The van der Waals surface area contributed by atoms with E-state index in [0.29, 0.717) is 5.56 Å². The molecule has 0 unspecified atom stereocenters. The summed E-state index contributed by atoms with van der Waals surface area (Å²) in [6, 6.07) is 6.35. The van der Waals surface area contributed by atoms with Crippen LogP contribution in [0.1, 0.15) is 5.56 Å². The molecule has 0 saturated carbocycles. The lowest BCUT2D eigenvalue weighted by molar-refractivity contribution is 0.520. The molecule has 1 rings (SSSR count). The summed E-state index contributed by atoms with van der Waals surface area (Å²) in [6.07, 6.45) is 0. The molecule has 0 aliphatic heterocycles. The van der Waals surface area contributed by atoms with Crippen molar-refractivity contribution in [2.45, 2.75) is 11.4 Å². The third-order valence-electron chi connectivity index (χ3n) is 1.99. The maximum atomic E-state index is 11.8. The van der Waals surface area contributed by atoms with Gasteiger partial charge in [0.2, 0.25) is 10.0 Å². The van der Waals surface area contributed by atoms with Crippen LogP contribution in [0.4, 0.5) is 0 Å². The van der Waals surface area contributed by atoms with E-state index in [-0.39, 0.29) is 11.4 Å². The minimum Gasteiger partial charge on any atom is -0.207 e. The smallest absolute Gasteiger partial charge is 0.207 e. The Labute approximate surface area is 94.2 Å². The van der Waals surface area contributed by atoms with Gasteiger partial charge in [0.25, 0.3) is 0 Å². The second kappa shape index (κ2) is 4.98. The molecule has 0 N–H and O–H groups in total. The first-order valence-corrected chi connectivity index (χ1v) is 5.95. The summed E-state index contributed by atoms with van der Waals surface area (Å²) >= 11 is 0. The molecule has 0 aromatic heterocycles. The van der Waals surface area contributed by atoms with E-state index >= 15 is 0 Å². The van der Waals surface area contributed by atoms with Crippen LogP contribution in [0, 0.1) is 0 Å². The molecular weight excluding hydrogens is 228 g/mol. The van der Waals surface area contributed by atoms with Crippen molar-refractivity contribution in [3.05, 3.63) is 40.3 Å². The summed E-state index contributed by atoms with van der Waals surface area (Å²) in [5.41, 5.74) is 8.84. The fourth-order valence-corrected chi connectivity index (χ4v) is 2.10. The first-order chi connectivity index (χ1) is 7.48. The van der Waals surface area contributed by atoms with E-state index in [9.17, 15) is 8.42 Å². The summed E-state index contributed by atoms with van der Waals surface area (Å²) in [5.74, 6) is 0. The Morgan fingerprint density at radius 2 is 2.12 bits per heavy atom. The molecule has 0 fully saturated rings. The molecule has 0 aliphatic carbocycles. The van der Waals surface area contributed by atoms with Crippen molar-refractivity contribution in [1.29, 1.82) is 0 Å². The Morgan fingerprint density at radius 3 is 2.69 bits per heavy atom. The SMILES string of the molecule is CN(C)S(=O)(=O)c1cccc(CN=[N+]=[N-])c1. The molecule has 0 saturated heterocycles. The summed E-state index contributed by atoms with van der Waals surface area (Å²) in [7, 11) is -0.490. The highest BCUT2D eigenvalue weighted by Crippen LogP contribution is 2.15. The van der Waals surface area contributed by atoms with E-state index in [1.165, 1.54) is 26.2 Å². The molecule has 16 heavy (non-hydrogen) atoms. The van der Waals surface area contributed by atoms with Gasteiger partial charge < -0.3 is 0 Å². The van der Waals surface area contributed by atoms with Crippen LogP contribution in [0.2, 0.25) is 0 Å². The van der Waals surface area contributed by atoms with E-state index in [1.54, 1.807) is 12.1 Å². The van der Waals surface area contributed by atoms with E-state index in [0.717, 1.165) is 4.31 Å². The lowest BCUT2D eigenvalue weighted by Gasteiger charge is -2.11. The highest BCUT2D eigenvalue weighted by Gasteiger charge is 2.16. The standard InChI is InChI=1S/C9H12N4O2S/c1-13(2)16(14,15)9-5-3-4-8(6-9)7-11-12-10/h3-6H,7H2,1-2H3. The van der Waals surface area contributed by atoms with E-state index in [1.807, 2.05) is 0 Å². The second-order valence-corrected chi connectivity index (χ2v) is 5.48. The number of benzene rings is 1. The van der Waals surface area contributed by atoms with Crippen molar-refractivity contribution < 1.29 is 8.42 Å². The minimum absolute atomic E-state index is 0.146. The normalized spacial score (nSPS) is 11.2. The van der Waals surface area contributed by atoms with Gasteiger partial charge in [0.05, 0.1) is 11.4 Å². The molecule has 0 aliphatic rings. The molecule has 1 aromatic carbocycles. The van der Waals surface area contributed by atoms with Gasteiger partial charge >= 0.3 is 0 Å². The van der Waals surface area contributed by atoms with Crippen molar-refractivity contribution in [3.63, 3.8) is 0 Å². The molecule has 7 heteroatoms. The van der Waals surface area contributed by atoms with Crippen LogP contribution in [0.15, 0.2) is 34.3 Å². The van der Waals surface area contributed by atoms with Gasteiger partial charge in [-0.3, -0.25) is 0 Å². The molecule has 1 aromatic rings. The van der Waals surface area contributed by atoms with Crippen LogP contribution < -0.4 is 0 Å². The van der Waals surface area contributed by atoms with Gasteiger partial charge in [0.15, 0.2) is 0 Å². The van der Waals surface area contributed by atoms with E-state index in [2.05, 4.69) is 10.0 Å². The predicted octanol–water partition coefficient (Wildman–Crippen LogP) is 1.75. The molecule has 0 radical (unpaired) electrons. The van der Waals surface area contributed by atoms with Crippen molar-refractivity contribution in [3.8, 4) is 0 Å². The predicted molar refractivity (Wildman–Crippen MR) is 60.2 cm³/mol. The highest BCUT2D eigenvalue weighted by molar-refractivity contribution is 7.89. The van der Waals surface area contributed by atoms with Crippen LogP contribution in [0.25, 0.3) is 10.4 Å². The van der Waals surface area contributed by atoms with Crippen molar-refractivity contribution in [2.75, 3.05) is 14.1 Å². The summed E-state index contributed by atoms with van der Waals surface area (Å²) in [5, 5.41) is 3.38. The van der Waals surface area contributed by atoms with Gasteiger partial charge in [-0.05, 0) is 23.2 Å². The van der Waals surface area contributed by atoms with Crippen molar-refractivity contribution >= 4 is 10.0 Å². The van der Waals surface area contributed by atoms with Crippen molar-refractivity contribution in [1.82, 2.24) is 4.31 Å². The quantitative estimate of drug-likeness (QED) is 0.456. The first kappa shape index (κ1) is 12.5. The van der Waals surface area contributed by atoms with Crippen LogP contribution in [0.5, 0.6) is 0 Å². The zero-order chi connectivity index (χ0) is 12.2. The van der Waals surface area contributed by atoms with Crippen LogP contribution in [-0.4, -0.2) is 26.8 Å². The zero-order valence-electron chi connectivity index (χ0n) is 9.03. The average Bonchev–Trinajstić information content (AvgIpc) is 2.26. The molecule has 0 amide bonds. The minimum atomic E-state index is -3.43. The Balaban J connectivity index is 3.13. The van der Waals surface area contributed by atoms with Gasteiger partial charge in [0.1, 0.15) is 0 Å². The topological polar surface area (TPSA) is 86.1 Å².